The van der Waals surface area contributed by atoms with Crippen LogP contribution >= 0.6 is 11.8 Å². The Morgan fingerprint density at radius 3 is 2.40 bits per heavy atom. The fourth-order valence-corrected chi connectivity index (χ4v) is 5.27. The normalized spacial score (nSPS) is 14.7. The molecule has 178 valence electrons. The minimum absolute atomic E-state index is 0.0414. The molecule has 1 aliphatic rings. The van der Waals surface area contributed by atoms with Crippen molar-refractivity contribution >= 4 is 28.6 Å². The van der Waals surface area contributed by atoms with Gasteiger partial charge in [-0.2, -0.15) is 0 Å². The summed E-state index contributed by atoms with van der Waals surface area (Å²) in [5, 5.41) is 0.352. The molecule has 6 nitrogen and oxygen atoms in total. The maximum absolute atomic E-state index is 13.7. The quantitative estimate of drug-likeness (QED) is 0.299. The van der Waals surface area contributed by atoms with E-state index in [1.54, 1.807) is 39.8 Å². The highest BCUT2D eigenvalue weighted by atomic mass is 32.2. The molecule has 0 bridgehead atoms. The largest absolute Gasteiger partial charge is 0.378 e. The summed E-state index contributed by atoms with van der Waals surface area (Å²) in [6, 6.07) is 22.8. The van der Waals surface area contributed by atoms with E-state index in [4.69, 9.17) is 9.72 Å². The molecule has 1 saturated heterocycles. The summed E-state index contributed by atoms with van der Waals surface area (Å²) in [4.78, 5) is 33.8. The number of aromatic nitrogens is 2. The third kappa shape index (κ3) is 5.13. The molecule has 4 aromatic rings. The van der Waals surface area contributed by atoms with E-state index in [0.29, 0.717) is 42.4 Å². The van der Waals surface area contributed by atoms with Gasteiger partial charge in [0.25, 0.3) is 5.56 Å². The predicted molar refractivity (Wildman–Crippen MR) is 134 cm³/mol. The van der Waals surface area contributed by atoms with Crippen molar-refractivity contribution in [3.8, 4) is 0 Å². The van der Waals surface area contributed by atoms with Crippen LogP contribution in [0, 0.1) is 5.82 Å². The topological polar surface area (TPSA) is 64.4 Å². The Morgan fingerprint density at radius 2 is 1.66 bits per heavy atom. The monoisotopic (exact) mass is 489 g/mol. The molecular formula is C27H24FN3O3S. The van der Waals surface area contributed by atoms with E-state index in [2.05, 4.69) is 0 Å². The smallest absolute Gasteiger partial charge is 0.262 e. The molecule has 1 aliphatic heterocycles. The van der Waals surface area contributed by atoms with E-state index in [-0.39, 0.29) is 23.8 Å². The lowest BCUT2D eigenvalue weighted by molar-refractivity contribution is -0.134. The van der Waals surface area contributed by atoms with Gasteiger partial charge in [0.15, 0.2) is 5.16 Å². The second-order valence-corrected chi connectivity index (χ2v) is 9.35. The van der Waals surface area contributed by atoms with Crippen LogP contribution in [0.25, 0.3) is 10.9 Å². The van der Waals surface area contributed by atoms with E-state index in [0.717, 1.165) is 11.1 Å². The molecule has 0 spiro atoms. The number of rotatable bonds is 6. The SMILES string of the molecule is O=C([C@H](Sc1nc2ccccc2c(=O)n1Cc1ccc(F)cc1)c1ccccc1)N1CCOCC1. The molecule has 0 aliphatic carbocycles. The number of benzene rings is 3. The summed E-state index contributed by atoms with van der Waals surface area (Å²) in [6.45, 7) is 2.27. The Morgan fingerprint density at radius 1 is 0.971 bits per heavy atom. The first kappa shape index (κ1) is 23.3. The van der Waals surface area contributed by atoms with Crippen LogP contribution < -0.4 is 5.56 Å². The van der Waals surface area contributed by atoms with Gasteiger partial charge in [-0.05, 0) is 35.4 Å². The molecule has 8 heteroatoms. The Kier molecular flexibility index (Phi) is 6.92. The summed E-state index contributed by atoms with van der Waals surface area (Å²) < 4.78 is 20.5. The fourth-order valence-electron chi connectivity index (χ4n) is 4.09. The van der Waals surface area contributed by atoms with Crippen LogP contribution in [0.2, 0.25) is 0 Å². The highest BCUT2D eigenvalue weighted by Gasteiger charge is 2.30. The standard InChI is InChI=1S/C27H24FN3O3S/c28-21-12-10-19(11-13-21)18-31-25(32)22-8-4-5-9-23(22)29-27(31)35-24(20-6-2-1-3-7-20)26(33)30-14-16-34-17-15-30/h1-13,24H,14-18H2/t24-/m1/s1. The second-order valence-electron chi connectivity index (χ2n) is 8.28. The van der Waals surface area contributed by atoms with Crippen LogP contribution in [0.15, 0.2) is 88.8 Å². The minimum atomic E-state index is -0.582. The van der Waals surface area contributed by atoms with Gasteiger partial charge in [-0.15, -0.1) is 0 Å². The van der Waals surface area contributed by atoms with Gasteiger partial charge < -0.3 is 9.64 Å². The zero-order valence-corrected chi connectivity index (χ0v) is 19.8. The van der Waals surface area contributed by atoms with Gasteiger partial charge in [0.05, 0.1) is 30.7 Å². The zero-order chi connectivity index (χ0) is 24.2. The average molecular weight is 490 g/mol. The molecule has 3 aromatic carbocycles. The van der Waals surface area contributed by atoms with Crippen molar-refractivity contribution in [2.45, 2.75) is 17.0 Å². The molecule has 0 radical (unpaired) electrons. The van der Waals surface area contributed by atoms with Crippen molar-refractivity contribution in [3.63, 3.8) is 0 Å². The van der Waals surface area contributed by atoms with Crippen molar-refractivity contribution in [1.82, 2.24) is 14.5 Å². The van der Waals surface area contributed by atoms with Crippen molar-refractivity contribution in [1.29, 1.82) is 0 Å². The number of carbonyl (C=O) groups is 1. The number of para-hydroxylation sites is 1. The van der Waals surface area contributed by atoms with Crippen LogP contribution in [0.4, 0.5) is 4.39 Å². The van der Waals surface area contributed by atoms with Gasteiger partial charge in [-0.25, -0.2) is 9.37 Å². The Labute approximate surface area is 206 Å². The van der Waals surface area contributed by atoms with Crippen LogP contribution in [0.3, 0.4) is 0 Å². The maximum atomic E-state index is 13.7. The molecular weight excluding hydrogens is 465 g/mol. The number of amides is 1. The number of carbonyl (C=O) groups excluding carboxylic acids is 1. The van der Waals surface area contributed by atoms with Crippen molar-refractivity contribution in [2.75, 3.05) is 26.3 Å². The lowest BCUT2D eigenvalue weighted by Gasteiger charge is -2.30. The predicted octanol–water partition coefficient (Wildman–Crippen LogP) is 4.28. The molecule has 2 heterocycles. The summed E-state index contributed by atoms with van der Waals surface area (Å²) in [6.07, 6.45) is 0. The molecule has 1 aromatic heterocycles. The number of halogens is 1. The van der Waals surface area contributed by atoms with E-state index in [1.165, 1.54) is 23.9 Å². The highest BCUT2D eigenvalue weighted by molar-refractivity contribution is 8.00. The summed E-state index contributed by atoms with van der Waals surface area (Å²) >= 11 is 1.27. The van der Waals surface area contributed by atoms with E-state index in [1.807, 2.05) is 36.4 Å². The van der Waals surface area contributed by atoms with Crippen LogP contribution in [0.1, 0.15) is 16.4 Å². The first-order valence-corrected chi connectivity index (χ1v) is 12.3. The number of morpholine rings is 1. The van der Waals surface area contributed by atoms with Gasteiger partial charge >= 0.3 is 0 Å². The molecule has 0 N–H and O–H groups in total. The highest BCUT2D eigenvalue weighted by Crippen LogP contribution is 2.36. The van der Waals surface area contributed by atoms with Crippen LogP contribution in [-0.4, -0.2) is 46.7 Å². The number of hydrogen-bond donors (Lipinski definition) is 0. The zero-order valence-electron chi connectivity index (χ0n) is 19.0. The van der Waals surface area contributed by atoms with Gasteiger partial charge in [-0.1, -0.05) is 66.4 Å². The molecule has 0 saturated carbocycles. The Balaban J connectivity index is 1.59. The van der Waals surface area contributed by atoms with E-state index in [9.17, 15) is 14.0 Å². The summed E-state index contributed by atoms with van der Waals surface area (Å²) in [5.74, 6) is -0.382. The number of fused-ring (bicyclic) bond motifs is 1. The lowest BCUT2D eigenvalue weighted by Crippen LogP contribution is -2.42. The molecule has 1 atom stereocenters. The van der Waals surface area contributed by atoms with Gasteiger partial charge in [0, 0.05) is 13.1 Å². The first-order valence-electron chi connectivity index (χ1n) is 11.4. The third-order valence-corrected chi connectivity index (χ3v) is 7.19. The van der Waals surface area contributed by atoms with Crippen LogP contribution in [0.5, 0.6) is 0 Å². The van der Waals surface area contributed by atoms with Gasteiger partial charge in [0.1, 0.15) is 11.1 Å². The number of nitrogens with zero attached hydrogens (tertiary/aromatic N) is 3. The molecule has 1 fully saturated rings. The molecule has 35 heavy (non-hydrogen) atoms. The molecule has 0 unspecified atom stereocenters. The average Bonchev–Trinajstić information content (AvgIpc) is 2.91. The number of ether oxygens (including phenoxy) is 1. The number of hydrogen-bond acceptors (Lipinski definition) is 5. The lowest BCUT2D eigenvalue weighted by atomic mass is 10.1. The van der Waals surface area contributed by atoms with E-state index < -0.39 is 5.25 Å². The molecule has 1 amide bonds. The van der Waals surface area contributed by atoms with Crippen molar-refractivity contribution in [2.24, 2.45) is 0 Å². The first-order chi connectivity index (χ1) is 17.1. The van der Waals surface area contributed by atoms with Gasteiger partial charge in [0.2, 0.25) is 5.91 Å². The summed E-state index contributed by atoms with van der Waals surface area (Å²) in [7, 11) is 0. The van der Waals surface area contributed by atoms with E-state index >= 15 is 0 Å². The minimum Gasteiger partial charge on any atom is -0.378 e. The van der Waals surface area contributed by atoms with Crippen molar-refractivity contribution in [3.05, 3.63) is 106 Å². The Hall–Kier alpha value is -3.49. The number of thioether (sulfide) groups is 1. The molecule has 5 rings (SSSR count). The van der Waals surface area contributed by atoms with Gasteiger partial charge in [-0.3, -0.25) is 14.2 Å². The van der Waals surface area contributed by atoms with Crippen LogP contribution in [-0.2, 0) is 16.1 Å². The fraction of sp³-hybridized carbons (Fsp3) is 0.222. The summed E-state index contributed by atoms with van der Waals surface area (Å²) in [5.41, 5.74) is 1.97. The van der Waals surface area contributed by atoms with Crippen molar-refractivity contribution < 1.29 is 13.9 Å². The third-order valence-electron chi connectivity index (χ3n) is 5.95. The second kappa shape index (κ2) is 10.4. The maximum Gasteiger partial charge on any atom is 0.262 e. The Bertz CT molecular complexity index is 1390.